The molecule has 1 aliphatic rings. The lowest BCUT2D eigenvalue weighted by Crippen LogP contribution is -2.11. The summed E-state index contributed by atoms with van der Waals surface area (Å²) in [4.78, 5) is 21.1. The number of thiophene rings is 1. The lowest BCUT2D eigenvalue weighted by Gasteiger charge is -2.07. The van der Waals surface area contributed by atoms with Crippen molar-refractivity contribution in [1.29, 1.82) is 0 Å². The van der Waals surface area contributed by atoms with E-state index in [-0.39, 0.29) is 23.0 Å². The van der Waals surface area contributed by atoms with Crippen molar-refractivity contribution in [2.45, 2.75) is 23.8 Å². The summed E-state index contributed by atoms with van der Waals surface area (Å²) in [5.41, 5.74) is 1.74. The van der Waals surface area contributed by atoms with Gasteiger partial charge in [0.2, 0.25) is 0 Å². The quantitative estimate of drug-likeness (QED) is 0.416. The number of H-pyrrole nitrogens is 1. The average molecular weight is 488 g/mol. The van der Waals surface area contributed by atoms with Crippen LogP contribution in [0.3, 0.4) is 0 Å². The van der Waals surface area contributed by atoms with Gasteiger partial charge in [-0.05, 0) is 17.9 Å². The lowest BCUT2D eigenvalue weighted by molar-refractivity contribution is 0.552. The summed E-state index contributed by atoms with van der Waals surface area (Å²) in [5, 5.41) is 11.8. The molecular formula is C21H21N5O3S3. The molecule has 0 bridgehead atoms. The maximum atomic E-state index is 12.8. The van der Waals surface area contributed by atoms with Gasteiger partial charge in [0.05, 0.1) is 22.6 Å². The van der Waals surface area contributed by atoms with Crippen molar-refractivity contribution in [3.05, 3.63) is 57.7 Å². The highest BCUT2D eigenvalue weighted by Crippen LogP contribution is 2.31. The second-order valence-electron chi connectivity index (χ2n) is 7.93. The van der Waals surface area contributed by atoms with E-state index in [2.05, 4.69) is 20.2 Å². The number of thioether (sulfide) groups is 1. The first-order valence-electron chi connectivity index (χ1n) is 10.2. The average Bonchev–Trinajstić information content (AvgIpc) is 3.45. The van der Waals surface area contributed by atoms with Gasteiger partial charge in [0.15, 0.2) is 15.0 Å². The van der Waals surface area contributed by atoms with Crippen molar-refractivity contribution in [2.24, 2.45) is 13.0 Å². The Balaban J connectivity index is 1.32. The molecule has 0 amide bonds. The van der Waals surface area contributed by atoms with Crippen LogP contribution in [-0.2, 0) is 29.1 Å². The molecule has 0 aliphatic carbocycles. The fourth-order valence-electron chi connectivity index (χ4n) is 3.96. The summed E-state index contributed by atoms with van der Waals surface area (Å²) >= 11 is 2.90. The van der Waals surface area contributed by atoms with Crippen molar-refractivity contribution >= 4 is 43.2 Å². The zero-order chi connectivity index (χ0) is 22.3. The molecule has 0 radical (unpaired) electrons. The van der Waals surface area contributed by atoms with Crippen molar-refractivity contribution in [3.8, 4) is 11.1 Å². The van der Waals surface area contributed by atoms with Gasteiger partial charge in [-0.2, -0.15) is 0 Å². The highest BCUT2D eigenvalue weighted by Gasteiger charge is 2.29. The van der Waals surface area contributed by atoms with E-state index in [9.17, 15) is 13.2 Å². The van der Waals surface area contributed by atoms with Gasteiger partial charge in [-0.25, -0.2) is 13.4 Å². The molecule has 1 N–H and O–H groups in total. The van der Waals surface area contributed by atoms with Gasteiger partial charge in [0.25, 0.3) is 5.56 Å². The van der Waals surface area contributed by atoms with Crippen LogP contribution < -0.4 is 5.56 Å². The van der Waals surface area contributed by atoms with E-state index < -0.39 is 9.84 Å². The third-order valence-electron chi connectivity index (χ3n) is 5.64. The molecule has 5 rings (SSSR count). The first kappa shape index (κ1) is 21.4. The molecule has 1 atom stereocenters. The molecule has 11 heteroatoms. The Morgan fingerprint density at radius 3 is 2.81 bits per heavy atom. The van der Waals surface area contributed by atoms with Crippen molar-refractivity contribution in [2.75, 3.05) is 11.5 Å². The van der Waals surface area contributed by atoms with E-state index in [4.69, 9.17) is 0 Å². The van der Waals surface area contributed by atoms with Gasteiger partial charge in [0.1, 0.15) is 16.5 Å². The third-order valence-corrected chi connectivity index (χ3v) is 9.38. The van der Waals surface area contributed by atoms with Gasteiger partial charge >= 0.3 is 0 Å². The number of hydrogen-bond acceptors (Lipinski definition) is 8. The fourth-order valence-corrected chi connectivity index (χ4v) is 7.59. The number of fused-ring (bicyclic) bond motifs is 1. The Labute approximate surface area is 193 Å². The van der Waals surface area contributed by atoms with Gasteiger partial charge < -0.3 is 9.55 Å². The first-order valence-corrected chi connectivity index (χ1v) is 13.9. The number of nitrogens with one attached hydrogen (secondary N) is 1. The minimum atomic E-state index is -2.91. The van der Waals surface area contributed by atoms with Crippen LogP contribution in [0.1, 0.15) is 18.1 Å². The highest BCUT2D eigenvalue weighted by molar-refractivity contribution is 7.98. The number of sulfone groups is 1. The van der Waals surface area contributed by atoms with Crippen LogP contribution in [0, 0.1) is 5.92 Å². The van der Waals surface area contributed by atoms with Crippen LogP contribution in [0.4, 0.5) is 0 Å². The fraction of sp³-hybridized carbons (Fsp3) is 0.333. The second-order valence-corrected chi connectivity index (χ2v) is 12.0. The Kier molecular flexibility index (Phi) is 5.64. The predicted molar refractivity (Wildman–Crippen MR) is 127 cm³/mol. The van der Waals surface area contributed by atoms with Crippen LogP contribution in [0.15, 0.2) is 45.7 Å². The van der Waals surface area contributed by atoms with E-state index in [1.807, 2.05) is 47.3 Å². The SMILES string of the molecule is Cn1c(CC2CCS(=O)(=O)C2)nnc1SCc1nc2scc(-c3ccccc3)c2c(=O)[nH]1. The van der Waals surface area contributed by atoms with Gasteiger partial charge in [0, 0.05) is 24.4 Å². The van der Waals surface area contributed by atoms with Crippen LogP contribution in [0.25, 0.3) is 21.3 Å². The van der Waals surface area contributed by atoms with Crippen LogP contribution >= 0.6 is 23.1 Å². The molecule has 1 aromatic carbocycles. The molecule has 3 aromatic heterocycles. The molecule has 4 heterocycles. The maximum absolute atomic E-state index is 12.8. The smallest absolute Gasteiger partial charge is 0.260 e. The minimum Gasteiger partial charge on any atom is -0.309 e. The minimum absolute atomic E-state index is 0.0961. The van der Waals surface area contributed by atoms with E-state index in [1.54, 1.807) is 0 Å². The molecule has 32 heavy (non-hydrogen) atoms. The molecule has 0 spiro atoms. The summed E-state index contributed by atoms with van der Waals surface area (Å²) in [6, 6.07) is 9.82. The Hall–Kier alpha value is -2.50. The number of aromatic nitrogens is 5. The van der Waals surface area contributed by atoms with Crippen LogP contribution in [-0.4, -0.2) is 44.7 Å². The topological polar surface area (TPSA) is 111 Å². The van der Waals surface area contributed by atoms with Crippen molar-refractivity contribution in [3.63, 3.8) is 0 Å². The molecule has 166 valence electrons. The third kappa shape index (κ3) is 4.24. The van der Waals surface area contributed by atoms with E-state index in [0.717, 1.165) is 17.0 Å². The van der Waals surface area contributed by atoms with E-state index in [1.165, 1.54) is 23.1 Å². The van der Waals surface area contributed by atoms with Crippen molar-refractivity contribution in [1.82, 2.24) is 24.7 Å². The summed E-state index contributed by atoms with van der Waals surface area (Å²) in [6.45, 7) is 0. The molecule has 8 nitrogen and oxygen atoms in total. The predicted octanol–water partition coefficient (Wildman–Crippen LogP) is 3.05. The molecule has 0 saturated carbocycles. The molecular weight excluding hydrogens is 466 g/mol. The van der Waals surface area contributed by atoms with Gasteiger partial charge in [-0.15, -0.1) is 21.5 Å². The van der Waals surface area contributed by atoms with Crippen molar-refractivity contribution < 1.29 is 8.42 Å². The molecule has 1 aliphatic heterocycles. The molecule has 4 aromatic rings. The Morgan fingerprint density at radius 2 is 2.06 bits per heavy atom. The monoisotopic (exact) mass is 487 g/mol. The standard InChI is InChI=1S/C21H21N5O3S3/c1-26-17(9-13-7-8-32(28,29)12-13)24-25-21(26)31-11-16-22-19(27)18-15(10-30-20(18)23-16)14-5-3-2-4-6-14/h2-6,10,13H,7-9,11-12H2,1H3,(H,22,23,27). The lowest BCUT2D eigenvalue weighted by atomic mass is 10.1. The number of benzene rings is 1. The zero-order valence-corrected chi connectivity index (χ0v) is 19.8. The van der Waals surface area contributed by atoms with Crippen LogP contribution in [0.2, 0.25) is 0 Å². The number of aromatic amines is 1. The summed E-state index contributed by atoms with van der Waals surface area (Å²) in [5.74, 6) is 2.39. The molecule has 1 fully saturated rings. The summed E-state index contributed by atoms with van der Waals surface area (Å²) in [7, 11) is -1.03. The van der Waals surface area contributed by atoms with E-state index in [0.29, 0.717) is 39.8 Å². The highest BCUT2D eigenvalue weighted by atomic mass is 32.2. The van der Waals surface area contributed by atoms with Gasteiger partial charge in [-0.3, -0.25) is 4.79 Å². The van der Waals surface area contributed by atoms with Gasteiger partial charge in [-0.1, -0.05) is 42.1 Å². The summed E-state index contributed by atoms with van der Waals surface area (Å²) < 4.78 is 25.3. The summed E-state index contributed by atoms with van der Waals surface area (Å²) in [6.07, 6.45) is 1.27. The molecule has 1 saturated heterocycles. The number of hydrogen-bond donors (Lipinski definition) is 1. The van der Waals surface area contributed by atoms with E-state index >= 15 is 0 Å². The normalized spacial score (nSPS) is 17.8. The largest absolute Gasteiger partial charge is 0.309 e. The first-order chi connectivity index (χ1) is 15.4. The van der Waals surface area contributed by atoms with Crippen LogP contribution in [0.5, 0.6) is 0 Å². The maximum Gasteiger partial charge on any atom is 0.260 e. The number of rotatable bonds is 6. The Bertz CT molecular complexity index is 1440. The molecule has 1 unspecified atom stereocenters. The number of nitrogens with zero attached hydrogens (tertiary/aromatic N) is 4. The zero-order valence-electron chi connectivity index (χ0n) is 17.3. The second kappa shape index (κ2) is 8.45. The Morgan fingerprint density at radius 1 is 1.25 bits per heavy atom.